The Morgan fingerprint density at radius 3 is 2.69 bits per heavy atom. The highest BCUT2D eigenvalue weighted by Crippen LogP contribution is 2.33. The summed E-state index contributed by atoms with van der Waals surface area (Å²) in [6.07, 6.45) is -3.60. The molecule has 0 saturated carbocycles. The van der Waals surface area contributed by atoms with Crippen LogP contribution in [-0.4, -0.2) is 24.3 Å². The third-order valence-corrected chi connectivity index (χ3v) is 3.13. The first kappa shape index (κ1) is 13.6. The summed E-state index contributed by atoms with van der Waals surface area (Å²) in [5.74, 6) is 0.703. The third kappa shape index (κ3) is 3.84. The van der Waals surface area contributed by atoms with Crippen LogP contribution >= 0.6 is 23.4 Å². The molecule has 0 aliphatic rings. The van der Waals surface area contributed by atoms with Gasteiger partial charge in [0.05, 0.1) is 10.6 Å². The maximum absolute atomic E-state index is 12.3. The summed E-state index contributed by atoms with van der Waals surface area (Å²) in [5, 5.41) is 3.38. The third-order valence-electron chi connectivity index (χ3n) is 1.73. The van der Waals surface area contributed by atoms with Gasteiger partial charge in [-0.1, -0.05) is 11.6 Å². The van der Waals surface area contributed by atoms with Gasteiger partial charge in [0.25, 0.3) is 0 Å². The van der Waals surface area contributed by atoms with E-state index in [-0.39, 0.29) is 5.02 Å². The molecular formula is C9H10ClF3N2S. The molecule has 0 atom stereocenters. The highest BCUT2D eigenvalue weighted by atomic mass is 35.5. The van der Waals surface area contributed by atoms with E-state index < -0.39 is 11.7 Å². The molecule has 0 spiro atoms. The smallest absolute Gasteiger partial charge is 0.319 e. The fourth-order valence-corrected chi connectivity index (χ4v) is 2.09. The average Bonchev–Trinajstić information content (AvgIpc) is 2.19. The highest BCUT2D eigenvalue weighted by molar-refractivity contribution is 7.99. The van der Waals surface area contributed by atoms with E-state index in [4.69, 9.17) is 11.6 Å². The van der Waals surface area contributed by atoms with Crippen LogP contribution in [0, 0.1) is 0 Å². The molecule has 90 valence electrons. The maximum atomic E-state index is 12.3. The van der Waals surface area contributed by atoms with Crippen molar-refractivity contribution in [1.29, 1.82) is 0 Å². The first-order valence-electron chi connectivity index (χ1n) is 4.45. The van der Waals surface area contributed by atoms with Crippen molar-refractivity contribution < 1.29 is 13.2 Å². The molecule has 16 heavy (non-hydrogen) atoms. The minimum absolute atomic E-state index is 0.0379. The molecule has 1 aromatic rings. The van der Waals surface area contributed by atoms with Crippen molar-refractivity contribution in [3.63, 3.8) is 0 Å². The van der Waals surface area contributed by atoms with Gasteiger partial charge < -0.3 is 5.32 Å². The second-order valence-corrected chi connectivity index (χ2v) is 4.45. The Bertz CT molecular complexity index is 357. The predicted molar refractivity (Wildman–Crippen MR) is 58.9 cm³/mol. The van der Waals surface area contributed by atoms with Crippen molar-refractivity contribution >= 4 is 23.4 Å². The Morgan fingerprint density at radius 2 is 2.19 bits per heavy atom. The van der Waals surface area contributed by atoms with Crippen molar-refractivity contribution in [2.45, 2.75) is 11.2 Å². The zero-order valence-corrected chi connectivity index (χ0v) is 10.0. The Balaban J connectivity index is 2.76. The molecule has 0 amide bonds. The molecule has 0 aliphatic heterocycles. The number of thioether (sulfide) groups is 1. The molecule has 0 aromatic carbocycles. The molecule has 1 N–H and O–H groups in total. The molecule has 1 aromatic heterocycles. The molecule has 0 fully saturated rings. The first-order valence-corrected chi connectivity index (χ1v) is 5.81. The minimum Gasteiger partial charge on any atom is -0.319 e. The van der Waals surface area contributed by atoms with Gasteiger partial charge in [0.1, 0.15) is 5.03 Å². The van der Waals surface area contributed by atoms with Crippen LogP contribution in [0.25, 0.3) is 0 Å². The number of pyridine rings is 1. The summed E-state index contributed by atoms with van der Waals surface area (Å²) in [7, 11) is 1.79. The molecule has 1 heterocycles. The summed E-state index contributed by atoms with van der Waals surface area (Å²) in [5.41, 5.74) is -0.824. The second-order valence-electron chi connectivity index (χ2n) is 2.96. The van der Waals surface area contributed by atoms with E-state index in [1.807, 2.05) is 0 Å². The van der Waals surface area contributed by atoms with Gasteiger partial charge in [-0.25, -0.2) is 4.98 Å². The number of halogens is 4. The lowest BCUT2D eigenvalue weighted by molar-refractivity contribution is -0.137. The van der Waals surface area contributed by atoms with Crippen molar-refractivity contribution in [2.24, 2.45) is 0 Å². The van der Waals surface area contributed by atoms with Gasteiger partial charge in [0, 0.05) is 18.5 Å². The normalized spacial score (nSPS) is 11.8. The summed E-state index contributed by atoms with van der Waals surface area (Å²) in [6, 6.07) is 0.899. The van der Waals surface area contributed by atoms with E-state index in [0.29, 0.717) is 10.8 Å². The van der Waals surface area contributed by atoms with Gasteiger partial charge in [0.15, 0.2) is 0 Å². The summed E-state index contributed by atoms with van der Waals surface area (Å²) >= 11 is 7.03. The standard InChI is InChI=1S/C9H10ClF3N2S/c1-14-2-3-16-8-7(10)4-6(5-15-8)9(11,12)13/h4-5,14H,2-3H2,1H3. The van der Waals surface area contributed by atoms with Gasteiger partial charge in [-0.05, 0) is 13.1 Å². The summed E-state index contributed by atoms with van der Waals surface area (Å²) in [4.78, 5) is 3.70. The van der Waals surface area contributed by atoms with E-state index >= 15 is 0 Å². The summed E-state index contributed by atoms with van der Waals surface area (Å²) in [6.45, 7) is 0.740. The van der Waals surface area contributed by atoms with Crippen LogP contribution in [0.3, 0.4) is 0 Å². The average molecular weight is 271 g/mol. The Kier molecular flexibility index (Phi) is 4.89. The molecular weight excluding hydrogens is 261 g/mol. The van der Waals surface area contributed by atoms with Crippen LogP contribution in [0.4, 0.5) is 13.2 Å². The first-order chi connectivity index (χ1) is 7.45. The molecule has 0 unspecified atom stereocenters. The Labute approximate surface area is 101 Å². The van der Waals surface area contributed by atoms with Crippen molar-refractivity contribution in [3.8, 4) is 0 Å². The van der Waals surface area contributed by atoms with Crippen molar-refractivity contribution in [2.75, 3.05) is 19.3 Å². The second kappa shape index (κ2) is 5.75. The number of hydrogen-bond donors (Lipinski definition) is 1. The van der Waals surface area contributed by atoms with Gasteiger partial charge in [-0.15, -0.1) is 11.8 Å². The monoisotopic (exact) mass is 270 g/mol. The molecule has 0 aliphatic carbocycles. The molecule has 0 saturated heterocycles. The van der Waals surface area contributed by atoms with E-state index in [0.717, 1.165) is 18.8 Å². The summed E-state index contributed by atoms with van der Waals surface area (Å²) < 4.78 is 36.9. The zero-order chi connectivity index (χ0) is 12.2. The van der Waals surface area contributed by atoms with E-state index in [1.54, 1.807) is 7.05 Å². The van der Waals surface area contributed by atoms with Gasteiger partial charge >= 0.3 is 6.18 Å². The number of nitrogens with zero attached hydrogens (tertiary/aromatic N) is 1. The lowest BCUT2D eigenvalue weighted by Crippen LogP contribution is -2.10. The van der Waals surface area contributed by atoms with Crippen LogP contribution in [0.15, 0.2) is 17.3 Å². The van der Waals surface area contributed by atoms with Crippen LogP contribution in [0.2, 0.25) is 5.02 Å². The zero-order valence-electron chi connectivity index (χ0n) is 8.44. The topological polar surface area (TPSA) is 24.9 Å². The van der Waals surface area contributed by atoms with Gasteiger partial charge in [-0.3, -0.25) is 0 Å². The number of rotatable bonds is 4. The number of aromatic nitrogens is 1. The Morgan fingerprint density at radius 1 is 1.50 bits per heavy atom. The van der Waals surface area contributed by atoms with Crippen molar-refractivity contribution in [3.05, 3.63) is 22.8 Å². The van der Waals surface area contributed by atoms with Crippen molar-refractivity contribution in [1.82, 2.24) is 10.3 Å². The lowest BCUT2D eigenvalue weighted by Gasteiger charge is -2.08. The quantitative estimate of drug-likeness (QED) is 0.672. The molecule has 7 heteroatoms. The maximum Gasteiger partial charge on any atom is 0.417 e. The van der Waals surface area contributed by atoms with Gasteiger partial charge in [0.2, 0.25) is 0 Å². The molecule has 1 rings (SSSR count). The molecule has 0 radical (unpaired) electrons. The number of hydrogen-bond acceptors (Lipinski definition) is 3. The number of nitrogens with one attached hydrogen (secondary N) is 1. The van der Waals surface area contributed by atoms with E-state index in [9.17, 15) is 13.2 Å². The highest BCUT2D eigenvalue weighted by Gasteiger charge is 2.31. The van der Waals surface area contributed by atoms with Crippen LogP contribution in [-0.2, 0) is 6.18 Å². The van der Waals surface area contributed by atoms with E-state index in [2.05, 4.69) is 10.3 Å². The number of alkyl halides is 3. The minimum atomic E-state index is -4.40. The van der Waals surface area contributed by atoms with E-state index in [1.165, 1.54) is 11.8 Å². The largest absolute Gasteiger partial charge is 0.417 e. The Hall–Kier alpha value is -0.460. The SMILES string of the molecule is CNCCSc1ncc(C(F)(F)F)cc1Cl. The van der Waals surface area contributed by atoms with Crippen LogP contribution in [0.5, 0.6) is 0 Å². The fraction of sp³-hybridized carbons (Fsp3) is 0.444. The van der Waals surface area contributed by atoms with Gasteiger partial charge in [-0.2, -0.15) is 13.2 Å². The lowest BCUT2D eigenvalue weighted by atomic mass is 10.3. The fourth-order valence-electron chi connectivity index (χ4n) is 0.936. The molecule has 0 bridgehead atoms. The predicted octanol–water partition coefficient (Wildman–Crippen LogP) is 3.07. The van der Waals surface area contributed by atoms with Crippen LogP contribution in [0.1, 0.15) is 5.56 Å². The van der Waals surface area contributed by atoms with Crippen LogP contribution < -0.4 is 5.32 Å². The molecule has 2 nitrogen and oxygen atoms in total.